The van der Waals surface area contributed by atoms with E-state index < -0.39 is 9.84 Å². The Morgan fingerprint density at radius 1 is 1.33 bits per heavy atom. The van der Waals surface area contributed by atoms with Crippen LogP contribution in [0.3, 0.4) is 0 Å². The van der Waals surface area contributed by atoms with Crippen molar-refractivity contribution in [2.24, 2.45) is 7.05 Å². The molecule has 2 rings (SSSR count). The fraction of sp³-hybridized carbons (Fsp3) is 0.385. The van der Waals surface area contributed by atoms with Gasteiger partial charge in [-0.05, 0) is 19.9 Å². The van der Waals surface area contributed by atoms with Gasteiger partial charge in [0, 0.05) is 31.4 Å². The fourth-order valence-corrected chi connectivity index (χ4v) is 3.84. The van der Waals surface area contributed by atoms with E-state index in [2.05, 4.69) is 5.10 Å². The van der Waals surface area contributed by atoms with Crippen molar-refractivity contribution in [1.29, 1.82) is 0 Å². The van der Waals surface area contributed by atoms with Gasteiger partial charge in [0.25, 0.3) is 0 Å². The molecule has 0 fully saturated rings. The minimum absolute atomic E-state index is 0.101. The van der Waals surface area contributed by atoms with E-state index in [-0.39, 0.29) is 5.03 Å². The zero-order valence-electron chi connectivity index (χ0n) is 12.4. The van der Waals surface area contributed by atoms with Crippen LogP contribution in [0.2, 0.25) is 5.02 Å². The van der Waals surface area contributed by atoms with E-state index in [0.717, 1.165) is 6.26 Å². The largest absolute Gasteiger partial charge is 0.618 e. The van der Waals surface area contributed by atoms with Crippen LogP contribution in [0.25, 0.3) is 11.4 Å². The van der Waals surface area contributed by atoms with Crippen LogP contribution in [0.1, 0.15) is 16.8 Å². The van der Waals surface area contributed by atoms with Crippen molar-refractivity contribution < 1.29 is 13.1 Å². The Bertz CT molecular complexity index is 841. The van der Waals surface area contributed by atoms with Crippen molar-refractivity contribution >= 4 is 21.4 Å². The number of hydrogen-bond donors (Lipinski definition) is 0. The zero-order chi connectivity index (χ0) is 16.1. The van der Waals surface area contributed by atoms with Crippen LogP contribution in [0.4, 0.5) is 0 Å². The molecule has 6 nitrogen and oxygen atoms in total. The molecule has 0 unspecified atom stereocenters. The lowest BCUT2D eigenvalue weighted by atomic mass is 10.1. The summed E-state index contributed by atoms with van der Waals surface area (Å²) in [6.07, 6.45) is 1.12. The first kappa shape index (κ1) is 15.8. The number of sulfone groups is 1. The lowest BCUT2D eigenvalue weighted by Gasteiger charge is -2.10. The monoisotopic (exact) mass is 329 g/mol. The summed E-state index contributed by atoms with van der Waals surface area (Å²) in [5, 5.41) is 17.0. The molecule has 0 spiro atoms. The van der Waals surface area contributed by atoms with Crippen molar-refractivity contribution in [1.82, 2.24) is 9.78 Å². The second-order valence-electron chi connectivity index (χ2n) is 5.08. The Balaban J connectivity index is 2.85. The van der Waals surface area contributed by atoms with E-state index in [1.54, 1.807) is 33.9 Å². The predicted octanol–water partition coefficient (Wildman–Crippen LogP) is 1.70. The number of rotatable bonds is 2. The van der Waals surface area contributed by atoms with E-state index in [0.29, 0.717) is 38.0 Å². The van der Waals surface area contributed by atoms with Crippen molar-refractivity contribution in [2.75, 3.05) is 6.26 Å². The van der Waals surface area contributed by atoms with Crippen molar-refractivity contribution in [3.05, 3.63) is 33.1 Å². The maximum Gasteiger partial charge on any atom is 0.247 e. The molecule has 0 bridgehead atoms. The standard InChI is InChI=1S/C13H16ClN3O3S/c1-7-6-10(14)9(3)17(18)12(7)11-8(2)13(16(4)15-11)21(5,19)20/h6H,1-5H3. The van der Waals surface area contributed by atoms with Gasteiger partial charge in [-0.15, -0.1) is 0 Å². The first-order chi connectivity index (χ1) is 9.55. The Kier molecular flexibility index (Phi) is 3.75. The molecule has 21 heavy (non-hydrogen) atoms. The molecule has 0 radical (unpaired) electrons. The maximum absolute atomic E-state index is 12.4. The molecule has 0 aliphatic carbocycles. The first-order valence-electron chi connectivity index (χ1n) is 6.19. The van der Waals surface area contributed by atoms with Crippen LogP contribution in [-0.4, -0.2) is 24.5 Å². The van der Waals surface area contributed by atoms with Crippen LogP contribution in [0.15, 0.2) is 11.1 Å². The molecule has 0 N–H and O–H groups in total. The topological polar surface area (TPSA) is 78.9 Å². The number of aryl methyl sites for hydroxylation is 2. The summed E-state index contributed by atoms with van der Waals surface area (Å²) in [4.78, 5) is 0. The summed E-state index contributed by atoms with van der Waals surface area (Å²) in [6.45, 7) is 4.99. The highest BCUT2D eigenvalue weighted by Gasteiger charge is 2.28. The number of hydrogen-bond acceptors (Lipinski definition) is 4. The minimum Gasteiger partial charge on any atom is -0.618 e. The first-order valence-corrected chi connectivity index (χ1v) is 8.46. The van der Waals surface area contributed by atoms with Gasteiger partial charge in [0.05, 0.1) is 0 Å². The molecule has 2 heterocycles. The van der Waals surface area contributed by atoms with E-state index in [1.165, 1.54) is 4.68 Å². The van der Waals surface area contributed by atoms with Crippen molar-refractivity contribution in [3.63, 3.8) is 0 Å². The predicted molar refractivity (Wildman–Crippen MR) is 79.9 cm³/mol. The fourth-order valence-electron chi connectivity index (χ4n) is 2.43. The Hall–Kier alpha value is -1.60. The highest BCUT2D eigenvalue weighted by Crippen LogP contribution is 2.29. The smallest absolute Gasteiger partial charge is 0.247 e. The molecule has 2 aromatic rings. The average molecular weight is 330 g/mol. The lowest BCUT2D eigenvalue weighted by Crippen LogP contribution is -2.34. The average Bonchev–Trinajstić information content (AvgIpc) is 2.61. The number of halogens is 1. The molecule has 0 aliphatic heterocycles. The van der Waals surface area contributed by atoms with E-state index in [4.69, 9.17) is 11.6 Å². The third-order valence-corrected chi connectivity index (χ3v) is 5.02. The van der Waals surface area contributed by atoms with Gasteiger partial charge in [-0.2, -0.15) is 9.83 Å². The van der Waals surface area contributed by atoms with E-state index >= 15 is 0 Å². The van der Waals surface area contributed by atoms with Crippen LogP contribution in [0.5, 0.6) is 0 Å². The van der Waals surface area contributed by atoms with E-state index in [9.17, 15) is 13.6 Å². The van der Waals surface area contributed by atoms with Crippen LogP contribution in [-0.2, 0) is 16.9 Å². The molecule has 114 valence electrons. The SMILES string of the molecule is Cc1cc(Cl)c(C)[n+]([O-])c1-c1nn(C)c(S(C)(=O)=O)c1C. The third-order valence-electron chi connectivity index (χ3n) is 3.37. The molecule has 0 atom stereocenters. The second kappa shape index (κ2) is 4.99. The maximum atomic E-state index is 12.4. The van der Waals surface area contributed by atoms with Crippen LogP contribution >= 0.6 is 11.6 Å². The molecule has 0 aliphatic rings. The highest BCUT2D eigenvalue weighted by atomic mass is 35.5. The molecule has 0 amide bonds. The molecule has 8 heteroatoms. The van der Waals surface area contributed by atoms with Gasteiger partial charge in [0.15, 0.2) is 20.6 Å². The number of pyridine rings is 1. The summed E-state index contributed by atoms with van der Waals surface area (Å²) >= 11 is 5.99. The van der Waals surface area contributed by atoms with Gasteiger partial charge < -0.3 is 5.21 Å². The Morgan fingerprint density at radius 2 is 1.90 bits per heavy atom. The quantitative estimate of drug-likeness (QED) is 0.620. The molecule has 0 saturated carbocycles. The van der Waals surface area contributed by atoms with Gasteiger partial charge in [0.2, 0.25) is 11.4 Å². The number of aromatic nitrogens is 3. The molecular weight excluding hydrogens is 314 g/mol. The summed E-state index contributed by atoms with van der Waals surface area (Å²) in [6, 6.07) is 1.68. The third kappa shape index (κ3) is 2.51. The van der Waals surface area contributed by atoms with Gasteiger partial charge in [-0.25, -0.2) is 8.42 Å². The van der Waals surface area contributed by atoms with Crippen molar-refractivity contribution in [3.8, 4) is 11.4 Å². The van der Waals surface area contributed by atoms with Gasteiger partial charge in [-0.3, -0.25) is 4.68 Å². The second-order valence-corrected chi connectivity index (χ2v) is 7.42. The Labute approximate surface area is 128 Å². The summed E-state index contributed by atoms with van der Waals surface area (Å²) in [5.74, 6) is 0. The van der Waals surface area contributed by atoms with Crippen LogP contribution < -0.4 is 4.73 Å². The summed E-state index contributed by atoms with van der Waals surface area (Å²) < 4.78 is 25.7. The summed E-state index contributed by atoms with van der Waals surface area (Å²) in [7, 11) is -1.89. The highest BCUT2D eigenvalue weighted by molar-refractivity contribution is 7.90. The van der Waals surface area contributed by atoms with Gasteiger partial charge >= 0.3 is 0 Å². The van der Waals surface area contributed by atoms with Crippen LogP contribution in [0, 0.1) is 26.0 Å². The molecule has 0 aromatic carbocycles. The van der Waals surface area contributed by atoms with Gasteiger partial charge in [-0.1, -0.05) is 11.6 Å². The molecular formula is C13H16ClN3O3S. The normalized spacial score (nSPS) is 11.9. The van der Waals surface area contributed by atoms with E-state index in [1.807, 2.05) is 0 Å². The molecule has 2 aromatic heterocycles. The summed E-state index contributed by atoms with van der Waals surface area (Å²) in [5.41, 5.74) is 2.12. The van der Waals surface area contributed by atoms with Crippen molar-refractivity contribution in [2.45, 2.75) is 25.8 Å². The zero-order valence-corrected chi connectivity index (χ0v) is 14.0. The number of nitrogens with zero attached hydrogens (tertiary/aromatic N) is 3. The minimum atomic E-state index is -3.43. The Morgan fingerprint density at radius 3 is 2.38 bits per heavy atom. The van der Waals surface area contributed by atoms with Gasteiger partial charge in [0.1, 0.15) is 5.02 Å². The molecule has 0 saturated heterocycles. The lowest BCUT2D eigenvalue weighted by molar-refractivity contribution is -0.601.